The maximum absolute atomic E-state index is 12.4. The molecule has 8 heteroatoms. The Hall–Kier alpha value is -2.97. The van der Waals surface area contributed by atoms with Gasteiger partial charge in [0.1, 0.15) is 22.0 Å². The molecule has 0 radical (unpaired) electrons. The highest BCUT2D eigenvalue weighted by atomic mass is 32.2. The number of amides is 1. The maximum Gasteiger partial charge on any atom is 0.234 e. The Bertz CT molecular complexity index is 1160. The number of aryl methyl sites for hydroxylation is 1. The minimum atomic E-state index is -0.113. The number of anilines is 1. The summed E-state index contributed by atoms with van der Waals surface area (Å²) >= 11 is 2.93. The second-order valence-corrected chi connectivity index (χ2v) is 8.59. The third kappa shape index (κ3) is 4.60. The van der Waals surface area contributed by atoms with Crippen molar-refractivity contribution in [3.63, 3.8) is 0 Å². The predicted molar refractivity (Wildman–Crippen MR) is 122 cm³/mol. The lowest BCUT2D eigenvalue weighted by molar-refractivity contribution is -0.113. The molecule has 4 aromatic rings. The third-order valence-electron chi connectivity index (χ3n) is 4.23. The first-order valence-electron chi connectivity index (χ1n) is 9.49. The van der Waals surface area contributed by atoms with Crippen LogP contribution in [0.5, 0.6) is 5.75 Å². The van der Waals surface area contributed by atoms with E-state index in [0.717, 1.165) is 37.9 Å². The van der Waals surface area contributed by atoms with E-state index in [4.69, 9.17) is 4.74 Å². The van der Waals surface area contributed by atoms with E-state index >= 15 is 0 Å². The van der Waals surface area contributed by atoms with Crippen LogP contribution in [0, 0.1) is 6.92 Å². The molecule has 0 spiro atoms. The predicted octanol–water partition coefficient (Wildman–Crippen LogP) is 5.19. The van der Waals surface area contributed by atoms with Gasteiger partial charge in [0.15, 0.2) is 0 Å². The number of fused-ring (bicyclic) bond motifs is 1. The third-order valence-corrected chi connectivity index (χ3v) is 6.16. The van der Waals surface area contributed by atoms with Crippen molar-refractivity contribution in [3.8, 4) is 17.0 Å². The normalized spacial score (nSPS) is 10.9. The number of nitrogens with one attached hydrogen (secondary N) is 1. The van der Waals surface area contributed by atoms with Crippen LogP contribution in [0.15, 0.2) is 59.6 Å². The summed E-state index contributed by atoms with van der Waals surface area (Å²) in [6.07, 6.45) is 0. The van der Waals surface area contributed by atoms with Crippen LogP contribution in [0.2, 0.25) is 0 Å². The van der Waals surface area contributed by atoms with Crippen molar-refractivity contribution in [1.82, 2.24) is 15.2 Å². The second-order valence-electron chi connectivity index (χ2n) is 6.42. The number of hydrogen-bond donors (Lipinski definition) is 1. The molecule has 30 heavy (non-hydrogen) atoms. The molecule has 4 rings (SSSR count). The average Bonchev–Trinajstić information content (AvgIpc) is 3.16. The number of hydrogen-bond acceptors (Lipinski definition) is 7. The van der Waals surface area contributed by atoms with Gasteiger partial charge in [-0.05, 0) is 38.1 Å². The molecule has 0 atom stereocenters. The molecule has 2 heterocycles. The molecule has 1 amide bonds. The number of aromatic nitrogens is 3. The molecule has 0 fully saturated rings. The van der Waals surface area contributed by atoms with Gasteiger partial charge in [0.25, 0.3) is 0 Å². The van der Waals surface area contributed by atoms with E-state index < -0.39 is 0 Å². The van der Waals surface area contributed by atoms with Crippen LogP contribution in [0.3, 0.4) is 0 Å². The Balaban J connectivity index is 1.48. The number of thioether (sulfide) groups is 1. The molecule has 0 aliphatic heterocycles. The molecule has 1 N–H and O–H groups in total. The quantitative estimate of drug-likeness (QED) is 0.402. The minimum Gasteiger partial charge on any atom is -0.494 e. The zero-order chi connectivity index (χ0) is 20.9. The van der Waals surface area contributed by atoms with Crippen molar-refractivity contribution >= 4 is 44.9 Å². The molecular weight excluding hydrogens is 416 g/mol. The summed E-state index contributed by atoms with van der Waals surface area (Å²) in [5.74, 6) is 0.885. The van der Waals surface area contributed by atoms with Crippen LogP contribution in [-0.4, -0.2) is 33.4 Å². The lowest BCUT2D eigenvalue weighted by Gasteiger charge is -2.07. The smallest absolute Gasteiger partial charge is 0.234 e. The summed E-state index contributed by atoms with van der Waals surface area (Å²) in [4.78, 5) is 17.0. The number of carbonyl (C=O) groups excluding carboxylic acids is 1. The van der Waals surface area contributed by atoms with E-state index in [9.17, 15) is 4.79 Å². The molecule has 6 nitrogen and oxygen atoms in total. The van der Waals surface area contributed by atoms with Gasteiger partial charge in [0.05, 0.1) is 22.1 Å². The average molecular weight is 437 g/mol. The van der Waals surface area contributed by atoms with Crippen LogP contribution in [0.1, 0.15) is 11.9 Å². The fourth-order valence-electron chi connectivity index (χ4n) is 2.93. The highest BCUT2D eigenvalue weighted by molar-refractivity contribution is 8.00. The zero-order valence-corrected chi connectivity index (χ0v) is 18.2. The first-order valence-corrected chi connectivity index (χ1v) is 11.3. The van der Waals surface area contributed by atoms with Crippen LogP contribution in [0.25, 0.3) is 21.5 Å². The minimum absolute atomic E-state index is 0.113. The molecule has 0 bridgehead atoms. The fourth-order valence-corrected chi connectivity index (χ4v) is 4.65. The molecule has 2 aromatic carbocycles. The van der Waals surface area contributed by atoms with Crippen molar-refractivity contribution < 1.29 is 9.53 Å². The van der Waals surface area contributed by atoms with Crippen LogP contribution >= 0.6 is 23.1 Å². The van der Waals surface area contributed by atoms with Crippen LogP contribution in [0.4, 0.5) is 5.69 Å². The largest absolute Gasteiger partial charge is 0.494 e. The van der Waals surface area contributed by atoms with Crippen molar-refractivity contribution in [2.45, 2.75) is 18.9 Å². The number of nitrogens with zero attached hydrogens (tertiary/aromatic N) is 3. The first kappa shape index (κ1) is 20.3. The van der Waals surface area contributed by atoms with Gasteiger partial charge in [-0.1, -0.05) is 42.1 Å². The molecule has 0 unspecified atom stereocenters. The highest BCUT2D eigenvalue weighted by Gasteiger charge is 2.16. The Kier molecular flexibility index (Phi) is 6.25. The van der Waals surface area contributed by atoms with Gasteiger partial charge in [-0.25, -0.2) is 4.98 Å². The Labute approximate surface area is 182 Å². The Morgan fingerprint density at radius 1 is 1.10 bits per heavy atom. The van der Waals surface area contributed by atoms with Crippen LogP contribution in [-0.2, 0) is 4.79 Å². The summed E-state index contributed by atoms with van der Waals surface area (Å²) in [5.41, 5.74) is 3.34. The molecule has 152 valence electrons. The maximum atomic E-state index is 12.4. The summed E-state index contributed by atoms with van der Waals surface area (Å²) in [7, 11) is 0. The summed E-state index contributed by atoms with van der Waals surface area (Å²) in [6.45, 7) is 4.51. The van der Waals surface area contributed by atoms with Crippen molar-refractivity contribution in [2.24, 2.45) is 0 Å². The Morgan fingerprint density at radius 3 is 2.60 bits per heavy atom. The molecule has 0 saturated carbocycles. The van der Waals surface area contributed by atoms with Crippen molar-refractivity contribution in [3.05, 3.63) is 59.6 Å². The van der Waals surface area contributed by atoms with E-state index in [1.165, 1.54) is 11.8 Å². The zero-order valence-electron chi connectivity index (χ0n) is 16.6. The van der Waals surface area contributed by atoms with Gasteiger partial charge in [-0.3, -0.25) is 4.79 Å². The number of ether oxygens (including phenoxy) is 1. The van der Waals surface area contributed by atoms with E-state index in [1.807, 2.05) is 68.4 Å². The number of benzene rings is 2. The standard InChI is InChI=1S/C22H20N4O2S2/c1-3-28-17-11-9-16(10-12-17)24-18(27)13-29-22-20-21(30-14(2)23-20)19(25-26-22)15-7-5-4-6-8-15/h4-12H,3,13H2,1-2H3,(H,24,27). The van der Waals surface area contributed by atoms with Gasteiger partial charge < -0.3 is 10.1 Å². The van der Waals surface area contributed by atoms with E-state index in [1.54, 1.807) is 11.3 Å². The van der Waals surface area contributed by atoms with Crippen LogP contribution < -0.4 is 10.1 Å². The first-order chi connectivity index (χ1) is 14.6. The van der Waals surface area contributed by atoms with Crippen molar-refractivity contribution in [1.29, 1.82) is 0 Å². The molecular formula is C22H20N4O2S2. The van der Waals surface area contributed by atoms with E-state index in [0.29, 0.717) is 11.6 Å². The number of carbonyl (C=O) groups is 1. The fraction of sp³-hybridized carbons (Fsp3) is 0.182. The highest BCUT2D eigenvalue weighted by Crippen LogP contribution is 2.35. The molecule has 2 aromatic heterocycles. The summed E-state index contributed by atoms with van der Waals surface area (Å²) in [6, 6.07) is 17.3. The summed E-state index contributed by atoms with van der Waals surface area (Å²) in [5, 5.41) is 13.3. The van der Waals surface area contributed by atoms with Gasteiger partial charge >= 0.3 is 0 Å². The number of thiazole rings is 1. The molecule has 0 saturated heterocycles. The number of rotatable bonds is 7. The van der Waals surface area contributed by atoms with E-state index in [-0.39, 0.29) is 11.7 Å². The Morgan fingerprint density at radius 2 is 1.87 bits per heavy atom. The van der Waals surface area contributed by atoms with E-state index in [2.05, 4.69) is 20.5 Å². The monoisotopic (exact) mass is 436 g/mol. The molecule has 0 aliphatic carbocycles. The molecule has 0 aliphatic rings. The summed E-state index contributed by atoms with van der Waals surface area (Å²) < 4.78 is 6.41. The van der Waals surface area contributed by atoms with Gasteiger partial charge in [0, 0.05) is 11.3 Å². The van der Waals surface area contributed by atoms with Gasteiger partial charge in [-0.15, -0.1) is 21.5 Å². The lowest BCUT2D eigenvalue weighted by atomic mass is 10.1. The van der Waals surface area contributed by atoms with Gasteiger partial charge in [-0.2, -0.15) is 0 Å². The van der Waals surface area contributed by atoms with Crippen molar-refractivity contribution in [2.75, 3.05) is 17.7 Å². The van der Waals surface area contributed by atoms with Gasteiger partial charge in [0.2, 0.25) is 5.91 Å². The second kappa shape index (κ2) is 9.23. The SMILES string of the molecule is CCOc1ccc(NC(=O)CSc2nnc(-c3ccccc3)c3sc(C)nc23)cc1. The topological polar surface area (TPSA) is 77.0 Å². The lowest BCUT2D eigenvalue weighted by Crippen LogP contribution is -2.14.